The second-order valence-corrected chi connectivity index (χ2v) is 4.65. The molecular weight excluding hydrogens is 248 g/mol. The first-order chi connectivity index (χ1) is 8.60. The number of hydrogen-bond donors (Lipinski definition) is 1. The molecule has 0 bridgehead atoms. The molecule has 2 rings (SSSR count). The number of rotatable bonds is 4. The van der Waals surface area contributed by atoms with Crippen molar-refractivity contribution in [2.24, 2.45) is 0 Å². The number of carbonyl (C=O) groups excluding carboxylic acids is 1. The van der Waals surface area contributed by atoms with Gasteiger partial charge in [0.2, 0.25) is 0 Å². The fourth-order valence-corrected chi connectivity index (χ4v) is 1.98. The molecule has 1 aromatic heterocycles. The van der Waals surface area contributed by atoms with E-state index in [1.54, 1.807) is 11.0 Å². The largest absolute Gasteiger partial charge is 0.352 e. The second kappa shape index (κ2) is 5.26. The number of carbonyl (C=O) groups is 1. The van der Waals surface area contributed by atoms with Crippen molar-refractivity contribution in [1.82, 2.24) is 9.88 Å². The zero-order chi connectivity index (χ0) is 13.1. The zero-order valence-corrected chi connectivity index (χ0v) is 10.8. The van der Waals surface area contributed by atoms with Crippen molar-refractivity contribution in [3.8, 4) is 12.3 Å². The summed E-state index contributed by atoms with van der Waals surface area (Å²) >= 11 is 5.90. The van der Waals surface area contributed by atoms with Gasteiger partial charge in [0.05, 0.1) is 18.8 Å². The molecule has 4 heteroatoms. The van der Waals surface area contributed by atoms with Gasteiger partial charge in [-0.05, 0) is 31.3 Å². The number of aromatic amines is 1. The first-order valence-corrected chi connectivity index (χ1v) is 5.91. The van der Waals surface area contributed by atoms with Gasteiger partial charge in [0, 0.05) is 15.9 Å². The lowest BCUT2D eigenvalue weighted by molar-refractivity contribution is 0.0948. The van der Waals surface area contributed by atoms with Crippen molar-refractivity contribution in [1.29, 1.82) is 0 Å². The van der Waals surface area contributed by atoms with Gasteiger partial charge in [0.1, 0.15) is 0 Å². The van der Waals surface area contributed by atoms with Crippen molar-refractivity contribution < 1.29 is 4.79 Å². The molecule has 0 aliphatic heterocycles. The zero-order valence-electron chi connectivity index (χ0n) is 10.0. The summed E-state index contributed by atoms with van der Waals surface area (Å²) in [4.78, 5) is 16.9. The molecule has 1 N–H and O–H groups in total. The Hall–Kier alpha value is -1.76. The first kappa shape index (κ1) is 12.7. The molecule has 0 atom stereocenters. The third-order valence-electron chi connectivity index (χ3n) is 2.66. The molecule has 0 amide bonds. The molecule has 1 heterocycles. The van der Waals surface area contributed by atoms with Crippen LogP contribution in [0.1, 0.15) is 10.5 Å². The quantitative estimate of drug-likeness (QED) is 0.678. The van der Waals surface area contributed by atoms with Crippen molar-refractivity contribution in [2.75, 3.05) is 20.1 Å². The van der Waals surface area contributed by atoms with Gasteiger partial charge in [-0.3, -0.25) is 9.69 Å². The number of nitrogens with zero attached hydrogens (tertiary/aromatic N) is 1. The van der Waals surface area contributed by atoms with Crippen molar-refractivity contribution in [3.05, 3.63) is 35.0 Å². The lowest BCUT2D eigenvalue weighted by atomic mass is 10.2. The van der Waals surface area contributed by atoms with Gasteiger partial charge in [-0.2, -0.15) is 0 Å². The number of aromatic nitrogens is 1. The van der Waals surface area contributed by atoms with E-state index in [0.29, 0.717) is 23.8 Å². The molecular formula is C14H13ClN2O. The van der Waals surface area contributed by atoms with Crippen LogP contribution in [-0.2, 0) is 0 Å². The Morgan fingerprint density at radius 1 is 1.50 bits per heavy atom. The highest BCUT2D eigenvalue weighted by Crippen LogP contribution is 2.20. The van der Waals surface area contributed by atoms with Crippen molar-refractivity contribution in [2.45, 2.75) is 0 Å². The van der Waals surface area contributed by atoms with Crippen LogP contribution in [0.3, 0.4) is 0 Å². The summed E-state index contributed by atoms with van der Waals surface area (Å²) in [5.41, 5.74) is 1.48. The summed E-state index contributed by atoms with van der Waals surface area (Å²) < 4.78 is 0. The molecule has 0 unspecified atom stereocenters. The average molecular weight is 261 g/mol. The SMILES string of the molecule is C#CCN(C)CC(=O)c1cc2cc(Cl)ccc2[nH]1. The molecule has 18 heavy (non-hydrogen) atoms. The summed E-state index contributed by atoms with van der Waals surface area (Å²) in [6, 6.07) is 7.29. The van der Waals surface area contributed by atoms with Crippen LogP contribution in [0.15, 0.2) is 24.3 Å². The van der Waals surface area contributed by atoms with E-state index in [9.17, 15) is 4.79 Å². The van der Waals surface area contributed by atoms with E-state index in [4.69, 9.17) is 18.0 Å². The van der Waals surface area contributed by atoms with E-state index in [0.717, 1.165) is 10.9 Å². The van der Waals surface area contributed by atoms with Crippen molar-refractivity contribution in [3.63, 3.8) is 0 Å². The van der Waals surface area contributed by atoms with Crippen LogP contribution in [0.2, 0.25) is 5.02 Å². The Kier molecular flexibility index (Phi) is 3.71. The fraction of sp³-hybridized carbons (Fsp3) is 0.214. The van der Waals surface area contributed by atoms with Gasteiger partial charge in [-0.25, -0.2) is 0 Å². The maximum absolute atomic E-state index is 12.0. The van der Waals surface area contributed by atoms with Gasteiger partial charge in [0.25, 0.3) is 0 Å². The van der Waals surface area contributed by atoms with Crippen LogP contribution in [0.5, 0.6) is 0 Å². The van der Waals surface area contributed by atoms with Crippen LogP contribution >= 0.6 is 11.6 Å². The van der Waals surface area contributed by atoms with Crippen LogP contribution < -0.4 is 0 Å². The Morgan fingerprint density at radius 3 is 3.00 bits per heavy atom. The van der Waals surface area contributed by atoms with Crippen LogP contribution in [0.25, 0.3) is 10.9 Å². The second-order valence-electron chi connectivity index (χ2n) is 4.21. The molecule has 1 aromatic carbocycles. The minimum Gasteiger partial charge on any atom is -0.352 e. The molecule has 3 nitrogen and oxygen atoms in total. The number of fused-ring (bicyclic) bond motifs is 1. The topological polar surface area (TPSA) is 36.1 Å². The Bertz CT molecular complexity index is 624. The highest BCUT2D eigenvalue weighted by Gasteiger charge is 2.11. The average Bonchev–Trinajstić information content (AvgIpc) is 2.72. The van der Waals surface area contributed by atoms with Gasteiger partial charge < -0.3 is 4.98 Å². The van der Waals surface area contributed by atoms with Crippen LogP contribution in [-0.4, -0.2) is 35.8 Å². The van der Waals surface area contributed by atoms with Crippen LogP contribution in [0.4, 0.5) is 0 Å². The molecule has 0 aliphatic rings. The van der Waals surface area contributed by atoms with E-state index in [1.807, 2.05) is 25.2 Å². The molecule has 0 saturated carbocycles. The predicted octanol–water partition coefficient (Wildman–Crippen LogP) is 2.57. The monoisotopic (exact) mass is 260 g/mol. The van der Waals surface area contributed by atoms with Crippen molar-refractivity contribution >= 4 is 28.3 Å². The highest BCUT2D eigenvalue weighted by molar-refractivity contribution is 6.31. The molecule has 0 aliphatic carbocycles. The minimum atomic E-state index is 0.0140. The number of terminal acetylenes is 1. The number of halogens is 1. The Balaban J connectivity index is 2.21. The van der Waals surface area contributed by atoms with E-state index < -0.39 is 0 Å². The Morgan fingerprint density at radius 2 is 2.28 bits per heavy atom. The molecule has 92 valence electrons. The number of nitrogens with one attached hydrogen (secondary N) is 1. The summed E-state index contributed by atoms with van der Waals surface area (Å²) in [6.07, 6.45) is 5.20. The lowest BCUT2D eigenvalue weighted by Crippen LogP contribution is -2.26. The van der Waals surface area contributed by atoms with E-state index in [-0.39, 0.29) is 5.78 Å². The maximum atomic E-state index is 12.0. The number of benzene rings is 1. The summed E-state index contributed by atoms with van der Waals surface area (Å²) in [6.45, 7) is 0.753. The smallest absolute Gasteiger partial charge is 0.192 e. The van der Waals surface area contributed by atoms with E-state index in [1.165, 1.54) is 0 Å². The maximum Gasteiger partial charge on any atom is 0.192 e. The highest BCUT2D eigenvalue weighted by atomic mass is 35.5. The number of ketones is 1. The summed E-state index contributed by atoms with van der Waals surface area (Å²) in [5.74, 6) is 2.52. The molecule has 0 fully saturated rings. The summed E-state index contributed by atoms with van der Waals surface area (Å²) in [7, 11) is 1.82. The molecule has 2 aromatic rings. The van der Waals surface area contributed by atoms with Gasteiger partial charge >= 0.3 is 0 Å². The van der Waals surface area contributed by atoms with E-state index >= 15 is 0 Å². The van der Waals surface area contributed by atoms with E-state index in [2.05, 4.69) is 10.9 Å². The molecule has 0 radical (unpaired) electrons. The third-order valence-corrected chi connectivity index (χ3v) is 2.89. The normalized spacial score (nSPS) is 10.8. The van der Waals surface area contributed by atoms with Gasteiger partial charge in [-0.15, -0.1) is 6.42 Å². The number of likely N-dealkylation sites (N-methyl/N-ethyl adjacent to an activating group) is 1. The van der Waals surface area contributed by atoms with Crippen LogP contribution in [0, 0.1) is 12.3 Å². The molecule has 0 saturated heterocycles. The number of H-pyrrole nitrogens is 1. The standard InChI is InChI=1S/C14H13ClN2O/c1-3-6-17(2)9-14(18)13-8-10-7-11(15)4-5-12(10)16-13/h1,4-5,7-8,16H,6,9H2,2H3. The fourth-order valence-electron chi connectivity index (χ4n) is 1.80. The lowest BCUT2D eigenvalue weighted by Gasteiger charge is -2.10. The minimum absolute atomic E-state index is 0.0140. The summed E-state index contributed by atoms with van der Waals surface area (Å²) in [5, 5.41) is 1.59. The first-order valence-electron chi connectivity index (χ1n) is 5.53. The van der Waals surface area contributed by atoms with Gasteiger partial charge in [-0.1, -0.05) is 17.5 Å². The predicted molar refractivity (Wildman–Crippen MR) is 74.0 cm³/mol. The Labute approximate surface area is 111 Å². The number of Topliss-reactive ketones (excluding diaryl/α,β-unsaturated/α-hetero) is 1. The van der Waals surface area contributed by atoms with Gasteiger partial charge in [0.15, 0.2) is 5.78 Å². The number of hydrogen-bond acceptors (Lipinski definition) is 2. The molecule has 0 spiro atoms. The third kappa shape index (κ3) is 2.73.